The lowest BCUT2D eigenvalue weighted by Crippen LogP contribution is -2.40. The van der Waals surface area contributed by atoms with Crippen LogP contribution in [0.2, 0.25) is 15.1 Å². The smallest absolute Gasteiger partial charge is 0.256 e. The molecule has 11 heteroatoms. The lowest BCUT2D eigenvalue weighted by Gasteiger charge is -2.26. The van der Waals surface area contributed by atoms with E-state index in [1.54, 1.807) is 12.1 Å². The monoisotopic (exact) mass is 478 g/mol. The molecule has 0 radical (unpaired) electrons. The Balaban J connectivity index is 1.70. The van der Waals surface area contributed by atoms with Gasteiger partial charge in [-0.05, 0) is 23.8 Å². The number of aromatic hydroxyl groups is 1. The molecule has 0 aliphatic carbocycles. The van der Waals surface area contributed by atoms with E-state index in [9.17, 15) is 18.3 Å². The van der Waals surface area contributed by atoms with Crippen molar-refractivity contribution in [1.29, 1.82) is 0 Å². The van der Waals surface area contributed by atoms with E-state index in [1.165, 1.54) is 22.5 Å². The molecule has 3 rings (SSSR count). The standard InChI is InChI=1S/C18H17Cl3N2O5S/c19-13-9-14(20)17(24)15(16(13)21)18(25)22-10-11-1-3-12(4-2-11)29(26,27)23-5-7-28-8-6-23/h1-4,9,24H,5-8,10H2,(H,22,25). The number of morpholine rings is 1. The number of carbonyl (C=O) groups is 1. The highest BCUT2D eigenvalue weighted by Gasteiger charge is 2.26. The fraction of sp³-hybridized carbons (Fsp3) is 0.278. The first kappa shape index (κ1) is 22.1. The molecule has 0 aromatic heterocycles. The zero-order chi connectivity index (χ0) is 21.2. The molecule has 2 N–H and O–H groups in total. The first-order valence-corrected chi connectivity index (χ1v) is 11.1. The summed E-state index contributed by atoms with van der Waals surface area (Å²) in [5, 5.41) is 12.4. The van der Waals surface area contributed by atoms with Crippen molar-refractivity contribution in [3.63, 3.8) is 0 Å². The number of sulfonamides is 1. The van der Waals surface area contributed by atoms with Gasteiger partial charge in [0.1, 0.15) is 11.3 Å². The van der Waals surface area contributed by atoms with Crippen LogP contribution in [-0.4, -0.2) is 50.0 Å². The Morgan fingerprint density at radius 3 is 2.34 bits per heavy atom. The van der Waals surface area contributed by atoms with Crippen molar-refractivity contribution in [1.82, 2.24) is 9.62 Å². The molecule has 1 fully saturated rings. The SMILES string of the molecule is O=C(NCc1ccc(S(=O)(=O)N2CCOCC2)cc1)c1c(O)c(Cl)cc(Cl)c1Cl. The van der Waals surface area contributed by atoms with Gasteiger partial charge in [-0.25, -0.2) is 8.42 Å². The third kappa shape index (κ3) is 4.79. The van der Waals surface area contributed by atoms with E-state index in [0.717, 1.165) is 0 Å². The fourth-order valence-electron chi connectivity index (χ4n) is 2.78. The Hall–Kier alpha value is -1.55. The highest BCUT2D eigenvalue weighted by atomic mass is 35.5. The molecular formula is C18H17Cl3N2O5S. The maximum Gasteiger partial charge on any atom is 0.256 e. The van der Waals surface area contributed by atoms with E-state index in [0.29, 0.717) is 31.9 Å². The van der Waals surface area contributed by atoms with Gasteiger partial charge in [-0.1, -0.05) is 46.9 Å². The maximum absolute atomic E-state index is 12.6. The van der Waals surface area contributed by atoms with Gasteiger partial charge < -0.3 is 15.2 Å². The molecule has 1 aliphatic heterocycles. The summed E-state index contributed by atoms with van der Waals surface area (Å²) < 4.78 is 31.8. The molecule has 2 aromatic rings. The Labute approximate surface area is 183 Å². The van der Waals surface area contributed by atoms with Crippen LogP contribution < -0.4 is 5.32 Å². The largest absolute Gasteiger partial charge is 0.505 e. The predicted molar refractivity (Wildman–Crippen MR) is 110 cm³/mol. The second kappa shape index (κ2) is 9.07. The van der Waals surface area contributed by atoms with E-state index in [1.807, 2.05) is 0 Å². The van der Waals surface area contributed by atoms with Crippen molar-refractivity contribution in [3.8, 4) is 5.75 Å². The summed E-state index contributed by atoms with van der Waals surface area (Å²) in [5.74, 6) is -1.13. The van der Waals surface area contributed by atoms with Crippen molar-refractivity contribution in [3.05, 3.63) is 56.5 Å². The average Bonchev–Trinajstić information content (AvgIpc) is 2.72. The summed E-state index contributed by atoms with van der Waals surface area (Å²) in [7, 11) is -3.59. The molecule has 1 saturated heterocycles. The molecule has 29 heavy (non-hydrogen) atoms. The van der Waals surface area contributed by atoms with E-state index < -0.39 is 21.7 Å². The summed E-state index contributed by atoms with van der Waals surface area (Å²) >= 11 is 17.7. The van der Waals surface area contributed by atoms with Crippen LogP contribution in [0.3, 0.4) is 0 Å². The van der Waals surface area contributed by atoms with Gasteiger partial charge in [-0.2, -0.15) is 4.31 Å². The number of hydrogen-bond donors (Lipinski definition) is 2. The van der Waals surface area contributed by atoms with Crippen LogP contribution in [0.1, 0.15) is 15.9 Å². The van der Waals surface area contributed by atoms with Gasteiger partial charge in [0.05, 0.1) is 33.2 Å². The molecule has 7 nitrogen and oxygen atoms in total. The van der Waals surface area contributed by atoms with Gasteiger partial charge in [-0.15, -0.1) is 0 Å². The van der Waals surface area contributed by atoms with Gasteiger partial charge in [-0.3, -0.25) is 4.79 Å². The van der Waals surface area contributed by atoms with Crippen molar-refractivity contribution >= 4 is 50.7 Å². The first-order valence-electron chi connectivity index (χ1n) is 8.53. The normalized spacial score (nSPS) is 15.3. The van der Waals surface area contributed by atoms with Crippen molar-refractivity contribution in [2.75, 3.05) is 26.3 Å². The number of carbonyl (C=O) groups excluding carboxylic acids is 1. The number of hydrogen-bond acceptors (Lipinski definition) is 5. The highest BCUT2D eigenvalue weighted by Crippen LogP contribution is 2.38. The third-order valence-corrected chi connectivity index (χ3v) is 7.35. The van der Waals surface area contributed by atoms with E-state index in [-0.39, 0.29) is 32.1 Å². The number of nitrogens with one attached hydrogen (secondary N) is 1. The van der Waals surface area contributed by atoms with Crippen LogP contribution in [0.25, 0.3) is 0 Å². The van der Waals surface area contributed by atoms with Gasteiger partial charge in [0.25, 0.3) is 5.91 Å². The summed E-state index contributed by atoms with van der Waals surface area (Å²) in [6.45, 7) is 1.44. The molecule has 1 amide bonds. The van der Waals surface area contributed by atoms with E-state index in [2.05, 4.69) is 5.32 Å². The molecule has 0 unspecified atom stereocenters. The first-order chi connectivity index (χ1) is 13.7. The van der Waals surface area contributed by atoms with Crippen LogP contribution in [0.5, 0.6) is 5.75 Å². The number of nitrogens with zero attached hydrogens (tertiary/aromatic N) is 1. The minimum atomic E-state index is -3.59. The number of phenols is 1. The molecule has 0 saturated carbocycles. The third-order valence-electron chi connectivity index (χ3n) is 4.36. The summed E-state index contributed by atoms with van der Waals surface area (Å²) in [5.41, 5.74) is 0.429. The molecule has 1 aliphatic rings. The van der Waals surface area contributed by atoms with Crippen LogP contribution in [0.4, 0.5) is 0 Å². The number of rotatable bonds is 5. The Kier molecular flexibility index (Phi) is 6.93. The zero-order valence-corrected chi connectivity index (χ0v) is 18.1. The molecular weight excluding hydrogens is 463 g/mol. The minimum absolute atomic E-state index is 0.0392. The second-order valence-corrected chi connectivity index (χ2v) is 9.35. The zero-order valence-electron chi connectivity index (χ0n) is 15.0. The minimum Gasteiger partial charge on any atom is -0.505 e. The highest BCUT2D eigenvalue weighted by molar-refractivity contribution is 7.89. The van der Waals surface area contributed by atoms with Gasteiger partial charge in [0.2, 0.25) is 10.0 Å². The van der Waals surface area contributed by atoms with Gasteiger partial charge >= 0.3 is 0 Å². The molecule has 156 valence electrons. The van der Waals surface area contributed by atoms with Crippen LogP contribution in [-0.2, 0) is 21.3 Å². The quantitative estimate of drug-likeness (QED) is 0.642. The number of halogens is 3. The molecule has 0 atom stereocenters. The lowest BCUT2D eigenvalue weighted by atomic mass is 10.1. The lowest BCUT2D eigenvalue weighted by molar-refractivity contribution is 0.0730. The number of ether oxygens (including phenoxy) is 1. The second-order valence-electron chi connectivity index (χ2n) is 6.22. The fourth-order valence-corrected chi connectivity index (χ4v) is 4.88. The van der Waals surface area contributed by atoms with Crippen LogP contribution >= 0.6 is 34.8 Å². The Morgan fingerprint density at radius 1 is 1.10 bits per heavy atom. The maximum atomic E-state index is 12.6. The van der Waals surface area contributed by atoms with Crippen molar-refractivity contribution in [2.45, 2.75) is 11.4 Å². The number of phenolic OH excluding ortho intramolecular Hbond substituents is 1. The van der Waals surface area contributed by atoms with Crippen LogP contribution in [0.15, 0.2) is 35.2 Å². The predicted octanol–water partition coefficient (Wildman–Crippen LogP) is 3.30. The molecule has 1 heterocycles. The van der Waals surface area contributed by atoms with Crippen molar-refractivity contribution in [2.24, 2.45) is 0 Å². The Bertz CT molecular complexity index is 997. The van der Waals surface area contributed by atoms with E-state index >= 15 is 0 Å². The molecule has 0 spiro atoms. The topological polar surface area (TPSA) is 95.9 Å². The number of benzene rings is 2. The summed E-state index contributed by atoms with van der Waals surface area (Å²) in [6.07, 6.45) is 0. The van der Waals surface area contributed by atoms with Gasteiger partial charge in [0, 0.05) is 19.6 Å². The summed E-state index contributed by atoms with van der Waals surface area (Å²) in [6, 6.07) is 7.39. The van der Waals surface area contributed by atoms with Crippen molar-refractivity contribution < 1.29 is 23.1 Å². The van der Waals surface area contributed by atoms with Gasteiger partial charge in [0.15, 0.2) is 0 Å². The summed E-state index contributed by atoms with van der Waals surface area (Å²) in [4.78, 5) is 12.6. The van der Waals surface area contributed by atoms with Crippen LogP contribution in [0, 0.1) is 0 Å². The molecule has 2 aromatic carbocycles. The molecule has 0 bridgehead atoms. The number of amides is 1. The van der Waals surface area contributed by atoms with E-state index in [4.69, 9.17) is 39.5 Å². The Morgan fingerprint density at radius 2 is 1.72 bits per heavy atom. The average molecular weight is 480 g/mol.